The molecule has 1 heterocycles. The lowest BCUT2D eigenvalue weighted by molar-refractivity contribution is -0.153. The third kappa shape index (κ3) is 5.85. The summed E-state index contributed by atoms with van der Waals surface area (Å²) in [5, 5.41) is 5.48. The average molecular weight is 398 g/mol. The van der Waals surface area contributed by atoms with Crippen LogP contribution in [0.25, 0.3) is 0 Å². The number of nitrogens with zero attached hydrogens (tertiary/aromatic N) is 1. The number of carbonyl (C=O) groups is 4. The van der Waals surface area contributed by atoms with E-state index in [1.54, 1.807) is 12.1 Å². The number of benzene rings is 1. The normalized spacial score (nSPS) is 15.7. The van der Waals surface area contributed by atoms with E-state index in [0.717, 1.165) is 4.90 Å². The molecule has 0 spiro atoms. The molecule has 9 nitrogen and oxygen atoms in total. The molecule has 27 heavy (non-hydrogen) atoms. The molecule has 1 aliphatic heterocycles. The Morgan fingerprint density at radius 1 is 1.37 bits per heavy atom. The van der Waals surface area contributed by atoms with Crippen molar-refractivity contribution in [3.8, 4) is 5.75 Å². The Balaban J connectivity index is 1.81. The number of carbonyl (C=O) groups excluding carboxylic acids is 4. The molecule has 1 fully saturated rings. The predicted octanol–water partition coefficient (Wildman–Crippen LogP) is 0.567. The lowest BCUT2D eigenvalue weighted by atomic mass is 10.2. The molecule has 0 radical (unpaired) electrons. The fourth-order valence-electron chi connectivity index (χ4n) is 2.41. The number of rotatable bonds is 7. The van der Waals surface area contributed by atoms with Gasteiger partial charge in [0.25, 0.3) is 5.91 Å². The molecule has 146 valence electrons. The van der Waals surface area contributed by atoms with Crippen molar-refractivity contribution in [1.82, 2.24) is 10.2 Å². The summed E-state index contributed by atoms with van der Waals surface area (Å²) in [6.07, 6.45) is 0.590. The molecule has 1 saturated heterocycles. The Labute approximate surface area is 160 Å². The molecule has 0 saturated carbocycles. The van der Waals surface area contributed by atoms with Gasteiger partial charge in [0.05, 0.1) is 19.3 Å². The van der Waals surface area contributed by atoms with E-state index in [1.165, 1.54) is 20.2 Å². The van der Waals surface area contributed by atoms with Gasteiger partial charge in [0.15, 0.2) is 6.61 Å². The van der Waals surface area contributed by atoms with Crippen LogP contribution in [0.1, 0.15) is 12.8 Å². The molecule has 0 unspecified atom stereocenters. The van der Waals surface area contributed by atoms with Gasteiger partial charge in [-0.25, -0.2) is 4.79 Å². The number of esters is 1. The Kier molecular flexibility index (Phi) is 7.00. The molecule has 10 heteroatoms. The number of methoxy groups -OCH3 is 1. The quantitative estimate of drug-likeness (QED) is 0.650. The fourth-order valence-corrected chi connectivity index (χ4v) is 2.58. The Hall–Kier alpha value is -2.81. The first-order chi connectivity index (χ1) is 12.8. The number of likely N-dealkylation sites (N-methyl/N-ethyl adjacent to an activating group) is 1. The van der Waals surface area contributed by atoms with Crippen LogP contribution in [0.3, 0.4) is 0 Å². The van der Waals surface area contributed by atoms with Gasteiger partial charge >= 0.3 is 5.97 Å². The molecule has 1 aliphatic rings. The molecule has 1 aromatic rings. The fraction of sp³-hybridized carbons (Fsp3) is 0.412. The number of hydrogen-bond donors (Lipinski definition) is 2. The largest absolute Gasteiger partial charge is 0.495 e. The number of ether oxygens (including phenoxy) is 2. The topological polar surface area (TPSA) is 114 Å². The number of nitrogens with one attached hydrogen (secondary N) is 2. The molecular weight excluding hydrogens is 378 g/mol. The summed E-state index contributed by atoms with van der Waals surface area (Å²) in [7, 11) is 2.86. The SMILES string of the molecule is COc1ccc(Cl)cc1NC(=O)CN(C)C(=O)COC(=O)[C@@H]1CCC(=O)N1. The number of halogens is 1. The number of anilines is 1. The van der Waals surface area contributed by atoms with E-state index < -0.39 is 30.4 Å². The van der Waals surface area contributed by atoms with Crippen LogP contribution in [0.15, 0.2) is 18.2 Å². The third-order valence-corrected chi connectivity index (χ3v) is 4.09. The maximum Gasteiger partial charge on any atom is 0.329 e. The molecule has 0 bridgehead atoms. The second-order valence-corrected chi connectivity index (χ2v) is 6.35. The van der Waals surface area contributed by atoms with Crippen molar-refractivity contribution in [1.29, 1.82) is 0 Å². The summed E-state index contributed by atoms with van der Waals surface area (Å²) in [5.74, 6) is -1.50. The number of hydrogen-bond acceptors (Lipinski definition) is 6. The van der Waals surface area contributed by atoms with Gasteiger partial charge in [-0.15, -0.1) is 0 Å². The molecule has 1 atom stereocenters. The van der Waals surface area contributed by atoms with Crippen LogP contribution in [0.4, 0.5) is 5.69 Å². The monoisotopic (exact) mass is 397 g/mol. The van der Waals surface area contributed by atoms with E-state index in [4.69, 9.17) is 21.1 Å². The highest BCUT2D eigenvalue weighted by atomic mass is 35.5. The van der Waals surface area contributed by atoms with Crippen molar-refractivity contribution in [2.45, 2.75) is 18.9 Å². The van der Waals surface area contributed by atoms with Crippen molar-refractivity contribution in [2.75, 3.05) is 32.6 Å². The Morgan fingerprint density at radius 2 is 2.11 bits per heavy atom. The van der Waals surface area contributed by atoms with Gasteiger partial charge in [0.1, 0.15) is 11.8 Å². The van der Waals surface area contributed by atoms with Crippen LogP contribution in [0.2, 0.25) is 5.02 Å². The van der Waals surface area contributed by atoms with Gasteiger partial charge in [0.2, 0.25) is 11.8 Å². The van der Waals surface area contributed by atoms with Crippen molar-refractivity contribution in [2.24, 2.45) is 0 Å². The van der Waals surface area contributed by atoms with Gasteiger partial charge in [-0.2, -0.15) is 0 Å². The Bertz CT molecular complexity index is 754. The van der Waals surface area contributed by atoms with Crippen LogP contribution in [0.5, 0.6) is 5.75 Å². The minimum absolute atomic E-state index is 0.228. The van der Waals surface area contributed by atoms with E-state index in [0.29, 0.717) is 22.9 Å². The molecule has 3 amide bonds. The van der Waals surface area contributed by atoms with Crippen molar-refractivity contribution in [3.63, 3.8) is 0 Å². The van der Waals surface area contributed by atoms with Gasteiger partial charge in [-0.1, -0.05) is 11.6 Å². The van der Waals surface area contributed by atoms with E-state index in [9.17, 15) is 19.2 Å². The summed E-state index contributed by atoms with van der Waals surface area (Å²) >= 11 is 5.90. The maximum absolute atomic E-state index is 12.1. The van der Waals surface area contributed by atoms with Crippen LogP contribution >= 0.6 is 11.6 Å². The van der Waals surface area contributed by atoms with E-state index in [-0.39, 0.29) is 18.9 Å². The summed E-state index contributed by atoms with van der Waals surface area (Å²) in [4.78, 5) is 48.1. The summed E-state index contributed by atoms with van der Waals surface area (Å²) < 4.78 is 10.0. The minimum Gasteiger partial charge on any atom is -0.495 e. The standard InChI is InChI=1S/C17H20ClN3O6/c1-21(16(24)9-27-17(25)11-4-6-14(22)19-11)8-15(23)20-12-7-10(18)3-5-13(12)26-2/h3,5,7,11H,4,6,8-9H2,1-2H3,(H,19,22)(H,20,23)/t11-/m0/s1. The summed E-state index contributed by atoms with van der Waals surface area (Å²) in [5.41, 5.74) is 0.374. The molecule has 2 rings (SSSR count). The number of amides is 3. The maximum atomic E-state index is 12.1. The molecule has 0 aliphatic carbocycles. The Morgan fingerprint density at radius 3 is 2.74 bits per heavy atom. The highest BCUT2D eigenvalue weighted by molar-refractivity contribution is 6.31. The zero-order valence-electron chi connectivity index (χ0n) is 14.9. The molecule has 1 aromatic carbocycles. The van der Waals surface area contributed by atoms with Crippen molar-refractivity contribution >= 4 is 41.0 Å². The zero-order valence-corrected chi connectivity index (χ0v) is 15.7. The molecule has 2 N–H and O–H groups in total. The van der Waals surface area contributed by atoms with Crippen molar-refractivity contribution < 1.29 is 28.7 Å². The smallest absolute Gasteiger partial charge is 0.329 e. The van der Waals surface area contributed by atoms with Gasteiger partial charge < -0.3 is 25.0 Å². The van der Waals surface area contributed by atoms with Gasteiger partial charge in [-0.3, -0.25) is 14.4 Å². The average Bonchev–Trinajstić information content (AvgIpc) is 3.06. The first kappa shape index (κ1) is 20.5. The third-order valence-electron chi connectivity index (χ3n) is 3.86. The van der Waals surface area contributed by atoms with Gasteiger partial charge in [-0.05, 0) is 24.6 Å². The van der Waals surface area contributed by atoms with E-state index in [1.807, 2.05) is 0 Å². The van der Waals surface area contributed by atoms with E-state index in [2.05, 4.69) is 10.6 Å². The second-order valence-electron chi connectivity index (χ2n) is 5.91. The molecule has 0 aromatic heterocycles. The first-order valence-electron chi connectivity index (χ1n) is 8.13. The van der Waals surface area contributed by atoms with Gasteiger partial charge in [0, 0.05) is 18.5 Å². The van der Waals surface area contributed by atoms with Crippen LogP contribution in [-0.4, -0.2) is 61.9 Å². The lowest BCUT2D eigenvalue weighted by Crippen LogP contribution is -2.40. The zero-order chi connectivity index (χ0) is 20.0. The van der Waals surface area contributed by atoms with Crippen LogP contribution in [-0.2, 0) is 23.9 Å². The second kappa shape index (κ2) is 9.22. The highest BCUT2D eigenvalue weighted by Crippen LogP contribution is 2.27. The summed E-state index contributed by atoms with van der Waals surface area (Å²) in [6.45, 7) is -0.776. The predicted molar refractivity (Wildman–Crippen MR) is 96.4 cm³/mol. The molecular formula is C17H20ClN3O6. The van der Waals surface area contributed by atoms with Crippen LogP contribution in [0, 0.1) is 0 Å². The first-order valence-corrected chi connectivity index (χ1v) is 8.51. The van der Waals surface area contributed by atoms with Crippen LogP contribution < -0.4 is 15.4 Å². The lowest BCUT2D eigenvalue weighted by Gasteiger charge is -2.18. The minimum atomic E-state index is -0.728. The highest BCUT2D eigenvalue weighted by Gasteiger charge is 2.29. The van der Waals surface area contributed by atoms with Crippen molar-refractivity contribution in [3.05, 3.63) is 23.2 Å². The summed E-state index contributed by atoms with van der Waals surface area (Å²) in [6, 6.07) is 4.02. The van der Waals surface area contributed by atoms with E-state index >= 15 is 0 Å².